The van der Waals surface area contributed by atoms with Crippen LogP contribution in [-0.4, -0.2) is 48.8 Å². The lowest BCUT2D eigenvalue weighted by Gasteiger charge is -2.24. The van der Waals surface area contributed by atoms with Crippen molar-refractivity contribution in [1.29, 1.82) is 0 Å². The molecule has 0 saturated carbocycles. The highest BCUT2D eigenvalue weighted by Gasteiger charge is 2.19. The predicted octanol–water partition coefficient (Wildman–Crippen LogP) is -0.266. The molecule has 6 heteroatoms. The summed E-state index contributed by atoms with van der Waals surface area (Å²) in [6, 6.07) is -0.254. The van der Waals surface area contributed by atoms with Crippen molar-refractivity contribution in [3.05, 3.63) is 0 Å². The van der Waals surface area contributed by atoms with E-state index in [2.05, 4.69) is 10.6 Å². The highest BCUT2D eigenvalue weighted by molar-refractivity contribution is 5.78. The molecule has 2 unspecified atom stereocenters. The van der Waals surface area contributed by atoms with Gasteiger partial charge in [0.05, 0.1) is 19.6 Å². The molecular formula is C11H20N2O4. The number of carboxylic acids is 1. The summed E-state index contributed by atoms with van der Waals surface area (Å²) in [7, 11) is 0. The van der Waals surface area contributed by atoms with Gasteiger partial charge in [-0.1, -0.05) is 6.92 Å². The van der Waals surface area contributed by atoms with Crippen molar-refractivity contribution in [2.45, 2.75) is 38.3 Å². The number of hydrogen-bond donors (Lipinski definition) is 3. The third kappa shape index (κ3) is 5.65. The number of carbonyl (C=O) groups is 2. The van der Waals surface area contributed by atoms with Gasteiger partial charge in [0.1, 0.15) is 0 Å². The maximum Gasteiger partial charge on any atom is 0.305 e. The Morgan fingerprint density at radius 3 is 2.88 bits per heavy atom. The van der Waals surface area contributed by atoms with Crippen LogP contribution < -0.4 is 10.6 Å². The van der Waals surface area contributed by atoms with Crippen molar-refractivity contribution in [3.8, 4) is 0 Å². The molecule has 1 heterocycles. The second-order valence-corrected chi connectivity index (χ2v) is 4.20. The smallest absolute Gasteiger partial charge is 0.305 e. The molecule has 3 N–H and O–H groups in total. The van der Waals surface area contributed by atoms with E-state index in [4.69, 9.17) is 9.84 Å². The number of carbonyl (C=O) groups excluding carboxylic acids is 1. The van der Waals surface area contributed by atoms with Crippen LogP contribution in [0.15, 0.2) is 0 Å². The molecule has 1 aliphatic rings. The molecule has 1 saturated heterocycles. The predicted molar refractivity (Wildman–Crippen MR) is 61.7 cm³/mol. The van der Waals surface area contributed by atoms with Gasteiger partial charge < -0.3 is 20.5 Å². The number of aliphatic carboxylic acids is 1. The summed E-state index contributed by atoms with van der Waals surface area (Å²) in [5.74, 6) is -1.02. The lowest BCUT2D eigenvalue weighted by molar-refractivity contribution is -0.137. The van der Waals surface area contributed by atoms with E-state index in [0.717, 1.165) is 6.54 Å². The first-order valence-corrected chi connectivity index (χ1v) is 5.94. The molecule has 98 valence electrons. The number of ether oxygens (including phenoxy) is 1. The van der Waals surface area contributed by atoms with Gasteiger partial charge in [-0.2, -0.15) is 0 Å². The third-order valence-electron chi connectivity index (χ3n) is 2.71. The lowest BCUT2D eigenvalue weighted by atomic mass is 10.1. The molecule has 0 aliphatic carbocycles. The molecule has 1 rings (SSSR count). The Morgan fingerprint density at radius 1 is 1.59 bits per heavy atom. The summed E-state index contributed by atoms with van der Waals surface area (Å²) in [4.78, 5) is 22.2. The van der Waals surface area contributed by atoms with Crippen LogP contribution in [0, 0.1) is 0 Å². The number of rotatable bonds is 6. The Morgan fingerprint density at radius 2 is 2.35 bits per heavy atom. The highest BCUT2D eigenvalue weighted by atomic mass is 16.5. The molecule has 0 radical (unpaired) electrons. The molecule has 17 heavy (non-hydrogen) atoms. The van der Waals surface area contributed by atoms with Gasteiger partial charge in [0, 0.05) is 25.0 Å². The number of nitrogens with one attached hydrogen (secondary N) is 2. The van der Waals surface area contributed by atoms with E-state index in [-0.39, 0.29) is 24.4 Å². The Labute approximate surface area is 101 Å². The van der Waals surface area contributed by atoms with Crippen LogP contribution in [0.25, 0.3) is 0 Å². The summed E-state index contributed by atoms with van der Waals surface area (Å²) < 4.78 is 5.24. The number of carboxylic acid groups (broad SMARTS) is 1. The summed E-state index contributed by atoms with van der Waals surface area (Å²) in [5, 5.41) is 14.6. The van der Waals surface area contributed by atoms with Gasteiger partial charge in [-0.3, -0.25) is 9.59 Å². The topological polar surface area (TPSA) is 87.7 Å². The van der Waals surface area contributed by atoms with Gasteiger partial charge in [0.25, 0.3) is 0 Å². The first-order chi connectivity index (χ1) is 8.11. The summed E-state index contributed by atoms with van der Waals surface area (Å²) in [6.07, 6.45) is 0.916. The fourth-order valence-electron chi connectivity index (χ4n) is 1.77. The highest BCUT2D eigenvalue weighted by Crippen LogP contribution is 2.02. The minimum atomic E-state index is -0.892. The molecule has 2 atom stereocenters. The zero-order chi connectivity index (χ0) is 12.7. The van der Waals surface area contributed by atoms with Crippen LogP contribution in [0.2, 0.25) is 0 Å². The maximum absolute atomic E-state index is 11.7. The van der Waals surface area contributed by atoms with Crippen molar-refractivity contribution in [1.82, 2.24) is 10.6 Å². The van der Waals surface area contributed by atoms with Crippen molar-refractivity contribution >= 4 is 11.9 Å². The van der Waals surface area contributed by atoms with Gasteiger partial charge in [-0.05, 0) is 6.42 Å². The molecule has 6 nitrogen and oxygen atoms in total. The molecule has 0 spiro atoms. The Kier molecular flexibility index (Phi) is 5.93. The minimum Gasteiger partial charge on any atom is -0.481 e. The number of amides is 1. The second kappa shape index (κ2) is 7.24. The van der Waals surface area contributed by atoms with Crippen LogP contribution in [0.4, 0.5) is 0 Å². The normalized spacial score (nSPS) is 21.8. The summed E-state index contributed by atoms with van der Waals surface area (Å²) >= 11 is 0. The average Bonchev–Trinajstić information content (AvgIpc) is 2.28. The van der Waals surface area contributed by atoms with Crippen molar-refractivity contribution in [2.24, 2.45) is 0 Å². The number of hydrogen-bond acceptors (Lipinski definition) is 4. The van der Waals surface area contributed by atoms with Crippen LogP contribution in [0.5, 0.6) is 0 Å². The molecule has 1 amide bonds. The van der Waals surface area contributed by atoms with Gasteiger partial charge in [0.15, 0.2) is 0 Å². The fraction of sp³-hybridized carbons (Fsp3) is 0.818. The fourth-order valence-corrected chi connectivity index (χ4v) is 1.77. The van der Waals surface area contributed by atoms with Crippen LogP contribution in [0.1, 0.15) is 26.2 Å². The quantitative estimate of drug-likeness (QED) is 0.599. The SMILES string of the molecule is CCC(CC(=O)O)NC(=O)CC1COCCN1. The van der Waals surface area contributed by atoms with Crippen LogP contribution in [0.3, 0.4) is 0 Å². The van der Waals surface area contributed by atoms with E-state index >= 15 is 0 Å². The van der Waals surface area contributed by atoms with E-state index in [0.29, 0.717) is 26.1 Å². The zero-order valence-corrected chi connectivity index (χ0v) is 10.1. The lowest BCUT2D eigenvalue weighted by Crippen LogP contribution is -2.46. The maximum atomic E-state index is 11.7. The summed E-state index contributed by atoms with van der Waals surface area (Å²) in [6.45, 7) is 3.82. The molecule has 0 aromatic heterocycles. The van der Waals surface area contributed by atoms with Gasteiger partial charge in [0.2, 0.25) is 5.91 Å². The standard InChI is InChI=1S/C11H20N2O4/c1-2-8(6-11(15)16)13-10(14)5-9-7-17-4-3-12-9/h8-9,12H,2-7H2,1H3,(H,13,14)(H,15,16). The molecule has 1 fully saturated rings. The van der Waals surface area contributed by atoms with Crippen LogP contribution >= 0.6 is 0 Å². The number of morpholine rings is 1. The van der Waals surface area contributed by atoms with E-state index in [1.54, 1.807) is 0 Å². The van der Waals surface area contributed by atoms with Gasteiger partial charge >= 0.3 is 5.97 Å². The van der Waals surface area contributed by atoms with E-state index < -0.39 is 5.97 Å². The van der Waals surface area contributed by atoms with E-state index in [1.807, 2.05) is 6.92 Å². The molecule has 1 aliphatic heterocycles. The first-order valence-electron chi connectivity index (χ1n) is 5.94. The molecule has 0 bridgehead atoms. The zero-order valence-electron chi connectivity index (χ0n) is 10.1. The van der Waals surface area contributed by atoms with Gasteiger partial charge in [-0.25, -0.2) is 0 Å². The Balaban J connectivity index is 2.28. The average molecular weight is 244 g/mol. The Bertz CT molecular complexity index is 264. The van der Waals surface area contributed by atoms with Crippen molar-refractivity contribution in [2.75, 3.05) is 19.8 Å². The van der Waals surface area contributed by atoms with Crippen molar-refractivity contribution in [3.63, 3.8) is 0 Å². The second-order valence-electron chi connectivity index (χ2n) is 4.20. The molecule has 0 aromatic rings. The van der Waals surface area contributed by atoms with E-state index in [1.165, 1.54) is 0 Å². The monoisotopic (exact) mass is 244 g/mol. The Hall–Kier alpha value is -1.14. The molecular weight excluding hydrogens is 224 g/mol. The van der Waals surface area contributed by atoms with Crippen LogP contribution in [-0.2, 0) is 14.3 Å². The first kappa shape index (κ1) is 13.9. The summed E-state index contributed by atoms with van der Waals surface area (Å²) in [5.41, 5.74) is 0. The molecule has 0 aromatic carbocycles. The minimum absolute atomic E-state index is 0.0309. The third-order valence-corrected chi connectivity index (χ3v) is 2.71. The largest absolute Gasteiger partial charge is 0.481 e. The van der Waals surface area contributed by atoms with Gasteiger partial charge in [-0.15, -0.1) is 0 Å². The van der Waals surface area contributed by atoms with E-state index in [9.17, 15) is 9.59 Å². The van der Waals surface area contributed by atoms with Crippen molar-refractivity contribution < 1.29 is 19.4 Å².